The van der Waals surface area contributed by atoms with E-state index in [1.54, 1.807) is 0 Å². The standard InChI is InChI=1S/C14H30N4O3/c1-13-11-18(6-5-16-13)7-8-20-9-10-21-12-14(19)17-4-3-15-2/h13,15-16H,3-12H2,1-2H3,(H,17,19). The Morgan fingerprint density at radius 3 is 2.86 bits per heavy atom. The molecule has 1 aliphatic rings. The molecule has 1 fully saturated rings. The number of hydrogen-bond acceptors (Lipinski definition) is 6. The molecule has 1 rings (SSSR count). The van der Waals surface area contributed by atoms with Gasteiger partial charge in [0, 0.05) is 45.3 Å². The van der Waals surface area contributed by atoms with Crippen LogP contribution in [0.3, 0.4) is 0 Å². The maximum atomic E-state index is 11.3. The van der Waals surface area contributed by atoms with Crippen LogP contribution in [-0.4, -0.2) is 89.6 Å². The zero-order valence-electron chi connectivity index (χ0n) is 13.3. The van der Waals surface area contributed by atoms with Crippen LogP contribution < -0.4 is 16.0 Å². The lowest BCUT2D eigenvalue weighted by atomic mass is 10.2. The second-order valence-electron chi connectivity index (χ2n) is 5.27. The summed E-state index contributed by atoms with van der Waals surface area (Å²) in [5, 5.41) is 9.13. The summed E-state index contributed by atoms with van der Waals surface area (Å²) in [5.41, 5.74) is 0. The summed E-state index contributed by atoms with van der Waals surface area (Å²) >= 11 is 0. The molecule has 1 amide bonds. The largest absolute Gasteiger partial charge is 0.378 e. The van der Waals surface area contributed by atoms with Crippen LogP contribution >= 0.6 is 0 Å². The van der Waals surface area contributed by atoms with Crippen LogP contribution in [0.4, 0.5) is 0 Å². The molecular formula is C14H30N4O3. The van der Waals surface area contributed by atoms with Gasteiger partial charge in [-0.2, -0.15) is 0 Å². The molecule has 3 N–H and O–H groups in total. The number of hydrogen-bond donors (Lipinski definition) is 3. The predicted molar refractivity (Wildman–Crippen MR) is 82.5 cm³/mol. The Kier molecular flexibility index (Phi) is 10.4. The topological polar surface area (TPSA) is 74.9 Å². The van der Waals surface area contributed by atoms with E-state index in [-0.39, 0.29) is 12.5 Å². The number of ether oxygens (including phenoxy) is 2. The van der Waals surface area contributed by atoms with Crippen LogP contribution in [-0.2, 0) is 14.3 Å². The number of nitrogens with zero attached hydrogens (tertiary/aromatic N) is 1. The molecule has 0 aromatic heterocycles. The van der Waals surface area contributed by atoms with Crippen LogP contribution in [0.15, 0.2) is 0 Å². The van der Waals surface area contributed by atoms with E-state index in [4.69, 9.17) is 9.47 Å². The molecule has 0 spiro atoms. The highest BCUT2D eigenvalue weighted by atomic mass is 16.5. The van der Waals surface area contributed by atoms with Crippen molar-refractivity contribution in [2.24, 2.45) is 0 Å². The highest BCUT2D eigenvalue weighted by molar-refractivity contribution is 5.77. The molecule has 0 bridgehead atoms. The minimum atomic E-state index is -0.0833. The average molecular weight is 302 g/mol. The van der Waals surface area contributed by atoms with E-state index in [0.29, 0.717) is 32.4 Å². The molecule has 21 heavy (non-hydrogen) atoms. The van der Waals surface area contributed by atoms with Gasteiger partial charge in [0.25, 0.3) is 0 Å². The van der Waals surface area contributed by atoms with Crippen molar-refractivity contribution in [1.29, 1.82) is 0 Å². The number of nitrogens with one attached hydrogen (secondary N) is 3. The van der Waals surface area contributed by atoms with Crippen LogP contribution in [0.5, 0.6) is 0 Å². The Hall–Kier alpha value is -0.730. The molecule has 7 heteroatoms. The van der Waals surface area contributed by atoms with Gasteiger partial charge in [0.2, 0.25) is 5.91 Å². The molecule has 1 heterocycles. The van der Waals surface area contributed by atoms with Gasteiger partial charge in [-0.05, 0) is 14.0 Å². The van der Waals surface area contributed by atoms with Gasteiger partial charge in [-0.1, -0.05) is 0 Å². The Bertz CT molecular complexity index is 279. The summed E-state index contributed by atoms with van der Waals surface area (Å²) in [6.07, 6.45) is 0. The lowest BCUT2D eigenvalue weighted by molar-refractivity contribution is -0.126. The Morgan fingerprint density at radius 1 is 1.29 bits per heavy atom. The minimum absolute atomic E-state index is 0.0833. The van der Waals surface area contributed by atoms with Gasteiger partial charge in [-0.3, -0.25) is 9.69 Å². The lowest BCUT2D eigenvalue weighted by Gasteiger charge is -2.31. The Labute approximate surface area is 127 Å². The van der Waals surface area contributed by atoms with Crippen molar-refractivity contribution < 1.29 is 14.3 Å². The second-order valence-corrected chi connectivity index (χ2v) is 5.27. The first-order valence-electron chi connectivity index (χ1n) is 7.75. The summed E-state index contributed by atoms with van der Waals surface area (Å²) in [7, 11) is 1.85. The zero-order chi connectivity index (χ0) is 15.3. The molecule has 0 aromatic rings. The van der Waals surface area contributed by atoms with Crippen molar-refractivity contribution in [3.8, 4) is 0 Å². The van der Waals surface area contributed by atoms with Gasteiger partial charge in [0.05, 0.1) is 19.8 Å². The monoisotopic (exact) mass is 302 g/mol. The number of rotatable bonds is 11. The van der Waals surface area contributed by atoms with Gasteiger partial charge >= 0.3 is 0 Å². The van der Waals surface area contributed by atoms with Crippen molar-refractivity contribution in [3.63, 3.8) is 0 Å². The molecule has 1 aliphatic heterocycles. The van der Waals surface area contributed by atoms with E-state index >= 15 is 0 Å². The highest BCUT2D eigenvalue weighted by Crippen LogP contribution is 1.97. The van der Waals surface area contributed by atoms with Crippen molar-refractivity contribution in [3.05, 3.63) is 0 Å². The van der Waals surface area contributed by atoms with Crippen molar-refractivity contribution in [1.82, 2.24) is 20.9 Å². The third-order valence-corrected chi connectivity index (χ3v) is 3.31. The van der Waals surface area contributed by atoms with Crippen LogP contribution in [0.25, 0.3) is 0 Å². The third kappa shape index (κ3) is 9.76. The van der Waals surface area contributed by atoms with Crippen LogP contribution in [0, 0.1) is 0 Å². The fourth-order valence-electron chi connectivity index (χ4n) is 2.17. The quantitative estimate of drug-likeness (QED) is 0.410. The molecular weight excluding hydrogens is 272 g/mol. The summed E-state index contributed by atoms with van der Waals surface area (Å²) in [4.78, 5) is 13.7. The SMILES string of the molecule is CNCCNC(=O)COCCOCCN1CCNC(C)C1. The van der Waals surface area contributed by atoms with Gasteiger partial charge in [-0.15, -0.1) is 0 Å². The minimum Gasteiger partial charge on any atom is -0.378 e. The maximum absolute atomic E-state index is 11.3. The van der Waals surface area contributed by atoms with E-state index in [1.165, 1.54) is 0 Å². The molecule has 7 nitrogen and oxygen atoms in total. The summed E-state index contributed by atoms with van der Waals surface area (Å²) in [6.45, 7) is 9.54. The van der Waals surface area contributed by atoms with Crippen LogP contribution in [0.1, 0.15) is 6.92 Å². The summed E-state index contributed by atoms with van der Waals surface area (Å²) in [6, 6.07) is 0.559. The normalized spacial score (nSPS) is 19.6. The highest BCUT2D eigenvalue weighted by Gasteiger charge is 2.14. The molecule has 0 aliphatic carbocycles. The van der Waals surface area contributed by atoms with Gasteiger partial charge < -0.3 is 25.4 Å². The number of likely N-dealkylation sites (N-methyl/N-ethyl adjacent to an activating group) is 1. The molecule has 1 atom stereocenters. The Balaban J connectivity index is 1.85. The maximum Gasteiger partial charge on any atom is 0.246 e. The number of carbonyl (C=O) groups is 1. The second kappa shape index (κ2) is 11.9. The molecule has 1 saturated heterocycles. The number of amides is 1. The summed E-state index contributed by atoms with van der Waals surface area (Å²) < 4.78 is 10.8. The van der Waals surface area contributed by atoms with Crippen molar-refractivity contribution in [2.75, 3.05) is 72.7 Å². The zero-order valence-corrected chi connectivity index (χ0v) is 13.3. The molecule has 0 saturated carbocycles. The van der Waals surface area contributed by atoms with Crippen molar-refractivity contribution in [2.45, 2.75) is 13.0 Å². The molecule has 0 radical (unpaired) electrons. The van der Waals surface area contributed by atoms with E-state index < -0.39 is 0 Å². The van der Waals surface area contributed by atoms with E-state index in [1.807, 2.05) is 7.05 Å². The molecule has 1 unspecified atom stereocenters. The average Bonchev–Trinajstić information content (AvgIpc) is 2.46. The first kappa shape index (κ1) is 18.3. The van der Waals surface area contributed by atoms with Gasteiger partial charge in [0.15, 0.2) is 0 Å². The van der Waals surface area contributed by atoms with Crippen molar-refractivity contribution >= 4 is 5.91 Å². The van der Waals surface area contributed by atoms with Crippen LogP contribution in [0.2, 0.25) is 0 Å². The fraction of sp³-hybridized carbons (Fsp3) is 0.929. The fourth-order valence-corrected chi connectivity index (χ4v) is 2.17. The van der Waals surface area contributed by atoms with E-state index in [9.17, 15) is 4.79 Å². The lowest BCUT2D eigenvalue weighted by Crippen LogP contribution is -2.49. The number of piperazine rings is 1. The molecule has 0 aromatic carbocycles. The van der Waals surface area contributed by atoms with Gasteiger partial charge in [0.1, 0.15) is 6.61 Å². The van der Waals surface area contributed by atoms with Gasteiger partial charge in [-0.25, -0.2) is 0 Å². The van der Waals surface area contributed by atoms with E-state index in [0.717, 1.165) is 32.7 Å². The third-order valence-electron chi connectivity index (χ3n) is 3.31. The first-order chi connectivity index (χ1) is 10.2. The first-order valence-corrected chi connectivity index (χ1v) is 7.75. The molecule has 124 valence electrons. The smallest absolute Gasteiger partial charge is 0.246 e. The van der Waals surface area contributed by atoms with E-state index in [2.05, 4.69) is 27.8 Å². The summed E-state index contributed by atoms with van der Waals surface area (Å²) in [5.74, 6) is -0.0833. The Morgan fingerprint density at radius 2 is 2.10 bits per heavy atom. The number of carbonyl (C=O) groups excluding carboxylic acids is 1. The predicted octanol–water partition coefficient (Wildman–Crippen LogP) is -1.35.